The molecule has 0 heterocycles. The lowest BCUT2D eigenvalue weighted by molar-refractivity contribution is -0.146. The molecule has 1 fully saturated rings. The minimum atomic E-state index is -0.745. The lowest BCUT2D eigenvalue weighted by Crippen LogP contribution is -2.53. The molecular weight excluding hydrogens is 222 g/mol. The zero-order valence-electron chi connectivity index (χ0n) is 10.7. The molecule has 5 nitrogen and oxygen atoms in total. The molecule has 1 saturated carbocycles. The number of ether oxygens (including phenoxy) is 2. The Balaban J connectivity index is 2.38. The average molecular weight is 245 g/mol. The Kier molecular flexibility index (Phi) is 5.88. The maximum absolute atomic E-state index is 11.4. The molecule has 0 bridgehead atoms. The van der Waals surface area contributed by atoms with Gasteiger partial charge in [0.2, 0.25) is 0 Å². The summed E-state index contributed by atoms with van der Waals surface area (Å²) < 4.78 is 10.3. The van der Waals surface area contributed by atoms with E-state index >= 15 is 0 Å². The van der Waals surface area contributed by atoms with Gasteiger partial charge in [0, 0.05) is 13.7 Å². The number of likely N-dealkylation sites (N-methyl/N-ethyl adjacent to an activating group) is 1. The number of hydrogen-bond acceptors (Lipinski definition) is 4. The third-order valence-corrected chi connectivity index (χ3v) is 3.69. The fraction of sp³-hybridized carbons (Fsp3) is 0.917. The van der Waals surface area contributed by atoms with Gasteiger partial charge in [-0.1, -0.05) is 6.42 Å². The number of carboxylic acid groups (broad SMARTS) is 1. The first kappa shape index (κ1) is 14.4. The van der Waals surface area contributed by atoms with Gasteiger partial charge < -0.3 is 19.9 Å². The first-order valence-corrected chi connectivity index (χ1v) is 6.16. The van der Waals surface area contributed by atoms with Gasteiger partial charge in [-0.2, -0.15) is 0 Å². The van der Waals surface area contributed by atoms with Gasteiger partial charge in [0.05, 0.1) is 13.2 Å². The highest BCUT2D eigenvalue weighted by Gasteiger charge is 2.47. The third kappa shape index (κ3) is 3.40. The summed E-state index contributed by atoms with van der Waals surface area (Å²) in [6.07, 6.45) is 3.43. The van der Waals surface area contributed by atoms with Crippen molar-refractivity contribution < 1.29 is 19.4 Å². The van der Waals surface area contributed by atoms with E-state index in [0.717, 1.165) is 19.3 Å². The van der Waals surface area contributed by atoms with E-state index < -0.39 is 11.5 Å². The topological polar surface area (TPSA) is 67.8 Å². The molecule has 0 aromatic rings. The molecule has 5 heteroatoms. The number of carbonyl (C=O) groups is 1. The maximum Gasteiger partial charge on any atom is 0.324 e. The van der Waals surface area contributed by atoms with Crippen LogP contribution in [0.5, 0.6) is 0 Å². The normalized spacial score (nSPS) is 28.5. The second kappa shape index (κ2) is 6.93. The number of hydrogen-bond donors (Lipinski definition) is 2. The van der Waals surface area contributed by atoms with Crippen LogP contribution in [-0.2, 0) is 14.3 Å². The molecule has 0 aromatic heterocycles. The minimum absolute atomic E-state index is 0.160. The summed E-state index contributed by atoms with van der Waals surface area (Å²) in [4.78, 5) is 11.4. The summed E-state index contributed by atoms with van der Waals surface area (Å²) in [6.45, 7) is 1.76. The number of rotatable bonds is 8. The zero-order chi connectivity index (χ0) is 12.7. The largest absolute Gasteiger partial charge is 0.480 e. The monoisotopic (exact) mass is 245 g/mol. The van der Waals surface area contributed by atoms with E-state index in [9.17, 15) is 9.90 Å². The van der Waals surface area contributed by atoms with Gasteiger partial charge in [0.15, 0.2) is 0 Å². The first-order valence-electron chi connectivity index (χ1n) is 6.16. The highest BCUT2D eigenvalue weighted by molar-refractivity contribution is 5.79. The molecule has 0 aliphatic heterocycles. The van der Waals surface area contributed by atoms with Crippen molar-refractivity contribution in [3.8, 4) is 0 Å². The van der Waals surface area contributed by atoms with Crippen LogP contribution in [0.3, 0.4) is 0 Å². The number of nitrogens with one attached hydrogen (secondary N) is 1. The van der Waals surface area contributed by atoms with E-state index in [1.807, 2.05) is 0 Å². The van der Waals surface area contributed by atoms with Crippen LogP contribution in [0, 0.1) is 5.92 Å². The Labute approximate surface area is 102 Å². The fourth-order valence-corrected chi connectivity index (χ4v) is 2.66. The Hall–Kier alpha value is -0.650. The minimum Gasteiger partial charge on any atom is -0.480 e. The van der Waals surface area contributed by atoms with Crippen LogP contribution >= 0.6 is 0 Å². The molecule has 2 N–H and O–H groups in total. The average Bonchev–Trinajstić information content (AvgIpc) is 2.73. The quantitative estimate of drug-likeness (QED) is 0.621. The van der Waals surface area contributed by atoms with Crippen molar-refractivity contribution >= 4 is 5.97 Å². The lowest BCUT2D eigenvalue weighted by atomic mass is 9.85. The van der Waals surface area contributed by atoms with Crippen LogP contribution in [0.25, 0.3) is 0 Å². The zero-order valence-corrected chi connectivity index (χ0v) is 10.7. The van der Waals surface area contributed by atoms with Crippen molar-refractivity contribution in [2.24, 2.45) is 5.92 Å². The summed E-state index contributed by atoms with van der Waals surface area (Å²) in [5, 5.41) is 12.4. The predicted octanol–water partition coefficient (Wildman–Crippen LogP) is 0.882. The van der Waals surface area contributed by atoms with Crippen LogP contribution in [0.1, 0.15) is 25.7 Å². The number of methoxy groups -OCH3 is 1. The maximum atomic E-state index is 11.4. The molecule has 1 aliphatic rings. The summed E-state index contributed by atoms with van der Waals surface area (Å²) >= 11 is 0. The number of carboxylic acids is 1. The Morgan fingerprint density at radius 2 is 2.24 bits per heavy atom. The molecule has 0 amide bonds. The fourth-order valence-electron chi connectivity index (χ4n) is 2.66. The smallest absolute Gasteiger partial charge is 0.324 e. The van der Waals surface area contributed by atoms with E-state index in [0.29, 0.717) is 26.2 Å². The van der Waals surface area contributed by atoms with Gasteiger partial charge in [-0.15, -0.1) is 0 Å². The molecule has 0 aromatic carbocycles. The van der Waals surface area contributed by atoms with Gasteiger partial charge in [-0.25, -0.2) is 0 Å². The molecule has 1 aliphatic carbocycles. The van der Waals surface area contributed by atoms with Gasteiger partial charge in [0.1, 0.15) is 5.54 Å². The van der Waals surface area contributed by atoms with Crippen molar-refractivity contribution in [1.82, 2.24) is 5.32 Å². The molecule has 0 radical (unpaired) electrons. The Bertz CT molecular complexity index is 247. The van der Waals surface area contributed by atoms with Crippen molar-refractivity contribution in [3.05, 3.63) is 0 Å². The predicted molar refractivity (Wildman–Crippen MR) is 64.1 cm³/mol. The van der Waals surface area contributed by atoms with Gasteiger partial charge >= 0.3 is 5.97 Å². The van der Waals surface area contributed by atoms with E-state index in [-0.39, 0.29) is 5.92 Å². The molecule has 0 saturated heterocycles. The molecule has 100 valence electrons. The van der Waals surface area contributed by atoms with E-state index in [1.54, 1.807) is 14.2 Å². The second-order valence-corrected chi connectivity index (χ2v) is 4.51. The van der Waals surface area contributed by atoms with E-state index in [4.69, 9.17) is 9.47 Å². The van der Waals surface area contributed by atoms with Crippen molar-refractivity contribution in [3.63, 3.8) is 0 Å². The molecular formula is C12H23NO4. The summed E-state index contributed by atoms with van der Waals surface area (Å²) in [7, 11) is 3.37. The lowest BCUT2D eigenvalue weighted by Gasteiger charge is -2.30. The van der Waals surface area contributed by atoms with Crippen LogP contribution in [0.15, 0.2) is 0 Å². The number of aliphatic carboxylic acids is 1. The van der Waals surface area contributed by atoms with Crippen LogP contribution in [-0.4, -0.2) is 50.6 Å². The van der Waals surface area contributed by atoms with Gasteiger partial charge in [-0.05, 0) is 32.2 Å². The van der Waals surface area contributed by atoms with Crippen LogP contribution in [0.2, 0.25) is 0 Å². The van der Waals surface area contributed by atoms with E-state index in [1.165, 1.54) is 0 Å². The van der Waals surface area contributed by atoms with Crippen molar-refractivity contribution in [2.75, 3.05) is 34.0 Å². The Morgan fingerprint density at radius 3 is 2.82 bits per heavy atom. The molecule has 0 spiro atoms. The molecule has 17 heavy (non-hydrogen) atoms. The molecule has 2 atom stereocenters. The van der Waals surface area contributed by atoms with Crippen LogP contribution in [0.4, 0.5) is 0 Å². The third-order valence-electron chi connectivity index (χ3n) is 3.69. The summed E-state index contributed by atoms with van der Waals surface area (Å²) in [5.41, 5.74) is -0.745. The second-order valence-electron chi connectivity index (χ2n) is 4.51. The SMILES string of the molecule is CNC1(C(=O)O)CCCC1CCOCCOC. The first-order chi connectivity index (χ1) is 8.17. The summed E-state index contributed by atoms with van der Waals surface area (Å²) in [5.74, 6) is -0.577. The molecule has 1 rings (SSSR count). The Morgan fingerprint density at radius 1 is 1.47 bits per heavy atom. The van der Waals surface area contributed by atoms with E-state index in [2.05, 4.69) is 5.32 Å². The van der Waals surface area contributed by atoms with Crippen LogP contribution < -0.4 is 5.32 Å². The van der Waals surface area contributed by atoms with Gasteiger partial charge in [-0.3, -0.25) is 4.79 Å². The van der Waals surface area contributed by atoms with Crippen molar-refractivity contribution in [1.29, 1.82) is 0 Å². The van der Waals surface area contributed by atoms with Crippen molar-refractivity contribution in [2.45, 2.75) is 31.2 Å². The van der Waals surface area contributed by atoms with Gasteiger partial charge in [0.25, 0.3) is 0 Å². The standard InChI is InChI=1S/C12H23NO4/c1-13-12(11(14)15)6-3-4-10(12)5-7-17-9-8-16-2/h10,13H,3-9H2,1-2H3,(H,14,15). The molecule has 2 unspecified atom stereocenters. The highest BCUT2D eigenvalue weighted by atomic mass is 16.5. The highest BCUT2D eigenvalue weighted by Crippen LogP contribution is 2.37. The summed E-state index contributed by atoms with van der Waals surface area (Å²) in [6, 6.07) is 0.